The molecule has 1 unspecified atom stereocenters. The van der Waals surface area contributed by atoms with Gasteiger partial charge in [-0.2, -0.15) is 5.26 Å². The van der Waals surface area contributed by atoms with Crippen molar-refractivity contribution in [3.05, 3.63) is 12.3 Å². The van der Waals surface area contributed by atoms with Gasteiger partial charge in [0.2, 0.25) is 0 Å². The van der Waals surface area contributed by atoms with Crippen LogP contribution >= 0.6 is 0 Å². The Bertz CT molecular complexity index is 181. The molecule has 2 heteroatoms. The summed E-state index contributed by atoms with van der Waals surface area (Å²) in [5.41, 5.74) is 0.604. The van der Waals surface area contributed by atoms with E-state index in [9.17, 15) is 0 Å². The summed E-state index contributed by atoms with van der Waals surface area (Å²) in [5, 5.41) is 11.5. The fourth-order valence-electron chi connectivity index (χ4n) is 0.510. The monoisotopic (exact) mass is 152 g/mol. The molecule has 0 saturated heterocycles. The zero-order valence-corrected chi connectivity index (χ0v) is 7.73. The van der Waals surface area contributed by atoms with E-state index in [1.807, 2.05) is 13.0 Å². The van der Waals surface area contributed by atoms with Crippen LogP contribution in [0.1, 0.15) is 27.7 Å². The lowest BCUT2D eigenvalue weighted by Gasteiger charge is -2.28. The number of nitriles is 1. The van der Waals surface area contributed by atoms with Crippen LogP contribution in [0.2, 0.25) is 0 Å². The number of hydrogen-bond donors (Lipinski definition) is 1. The highest BCUT2D eigenvalue weighted by Crippen LogP contribution is 2.18. The predicted molar refractivity (Wildman–Crippen MR) is 46.8 cm³/mol. The van der Waals surface area contributed by atoms with E-state index in [0.717, 1.165) is 0 Å². The molecule has 0 bridgehead atoms. The third kappa shape index (κ3) is 3.67. The van der Waals surface area contributed by atoms with Crippen LogP contribution in [-0.4, -0.2) is 6.04 Å². The molecule has 0 fully saturated rings. The van der Waals surface area contributed by atoms with Crippen LogP contribution in [0, 0.1) is 16.7 Å². The van der Waals surface area contributed by atoms with Crippen molar-refractivity contribution in [2.75, 3.05) is 0 Å². The van der Waals surface area contributed by atoms with E-state index in [2.05, 4.69) is 32.7 Å². The molecule has 0 rings (SSSR count). The van der Waals surface area contributed by atoms with Gasteiger partial charge >= 0.3 is 0 Å². The summed E-state index contributed by atoms with van der Waals surface area (Å²) in [7, 11) is 0. The molecule has 0 aliphatic rings. The molecule has 11 heavy (non-hydrogen) atoms. The SMILES string of the molecule is C=C(C#N)NC(C)C(C)(C)C. The molecule has 0 spiro atoms. The van der Waals surface area contributed by atoms with Gasteiger partial charge in [0, 0.05) is 6.04 Å². The molecule has 1 atom stereocenters. The molecule has 2 nitrogen and oxygen atoms in total. The van der Waals surface area contributed by atoms with Crippen molar-refractivity contribution in [2.45, 2.75) is 33.7 Å². The molecule has 1 N–H and O–H groups in total. The minimum Gasteiger partial charge on any atom is -0.374 e. The predicted octanol–water partition coefficient (Wildman–Crippen LogP) is 2.05. The molecule has 0 aromatic rings. The van der Waals surface area contributed by atoms with Crippen molar-refractivity contribution >= 4 is 0 Å². The first-order chi connectivity index (χ1) is 4.88. The van der Waals surface area contributed by atoms with Crippen molar-refractivity contribution in [2.24, 2.45) is 5.41 Å². The molecule has 0 aliphatic carbocycles. The summed E-state index contributed by atoms with van der Waals surface area (Å²) in [5.74, 6) is 0. The second-order valence-corrected chi connectivity index (χ2v) is 3.82. The van der Waals surface area contributed by atoms with Gasteiger partial charge in [0.1, 0.15) is 11.8 Å². The van der Waals surface area contributed by atoms with Crippen molar-refractivity contribution in [3.8, 4) is 6.07 Å². The lowest BCUT2D eigenvalue weighted by molar-refractivity contribution is 0.305. The van der Waals surface area contributed by atoms with Gasteiger partial charge in [-0.1, -0.05) is 27.4 Å². The number of allylic oxidation sites excluding steroid dienone is 1. The van der Waals surface area contributed by atoms with E-state index in [0.29, 0.717) is 5.70 Å². The third-order valence-corrected chi connectivity index (χ3v) is 1.82. The van der Waals surface area contributed by atoms with Crippen molar-refractivity contribution < 1.29 is 0 Å². The first-order valence-electron chi connectivity index (χ1n) is 3.73. The Morgan fingerprint density at radius 2 is 2.00 bits per heavy atom. The van der Waals surface area contributed by atoms with E-state index >= 15 is 0 Å². The maximum atomic E-state index is 8.44. The zero-order chi connectivity index (χ0) is 9.07. The summed E-state index contributed by atoms with van der Waals surface area (Å²) in [4.78, 5) is 0. The Balaban J connectivity index is 4.00. The average Bonchev–Trinajstić information content (AvgIpc) is 1.85. The fraction of sp³-hybridized carbons (Fsp3) is 0.667. The van der Waals surface area contributed by atoms with Crippen molar-refractivity contribution in [3.63, 3.8) is 0 Å². The second kappa shape index (κ2) is 3.43. The van der Waals surface area contributed by atoms with Gasteiger partial charge in [-0.3, -0.25) is 0 Å². The normalized spacial score (nSPS) is 13.4. The molecule has 0 aliphatic heterocycles. The van der Waals surface area contributed by atoms with Crippen LogP contribution in [0.25, 0.3) is 0 Å². The van der Waals surface area contributed by atoms with E-state index in [1.54, 1.807) is 0 Å². The van der Waals surface area contributed by atoms with Crippen LogP contribution in [0.5, 0.6) is 0 Å². The highest BCUT2D eigenvalue weighted by Gasteiger charge is 2.19. The van der Waals surface area contributed by atoms with Crippen LogP contribution in [-0.2, 0) is 0 Å². The number of rotatable bonds is 2. The van der Waals surface area contributed by atoms with E-state index < -0.39 is 0 Å². The lowest BCUT2D eigenvalue weighted by Crippen LogP contribution is -2.36. The topological polar surface area (TPSA) is 35.8 Å². The third-order valence-electron chi connectivity index (χ3n) is 1.82. The first-order valence-corrected chi connectivity index (χ1v) is 3.73. The highest BCUT2D eigenvalue weighted by atomic mass is 14.9. The summed E-state index contributed by atoms with van der Waals surface area (Å²) in [6.07, 6.45) is 0. The van der Waals surface area contributed by atoms with Gasteiger partial charge in [0.15, 0.2) is 0 Å². The van der Waals surface area contributed by atoms with Gasteiger partial charge in [0.05, 0.1) is 0 Å². The maximum Gasteiger partial charge on any atom is 0.116 e. The summed E-state index contributed by atoms with van der Waals surface area (Å²) in [6.45, 7) is 12.0. The molecular formula is C9H16N2. The van der Waals surface area contributed by atoms with Gasteiger partial charge in [-0.25, -0.2) is 0 Å². The van der Waals surface area contributed by atoms with Gasteiger partial charge in [0.25, 0.3) is 0 Å². The van der Waals surface area contributed by atoms with Crippen LogP contribution in [0.4, 0.5) is 0 Å². The standard InChI is InChI=1S/C9H16N2/c1-7(6-10)11-8(2)9(3,4)5/h8,11H,1H2,2-5H3. The Hall–Kier alpha value is -0.970. The quantitative estimate of drug-likeness (QED) is 0.615. The van der Waals surface area contributed by atoms with Crippen LogP contribution < -0.4 is 5.32 Å². The van der Waals surface area contributed by atoms with Crippen molar-refractivity contribution in [1.29, 1.82) is 5.26 Å². The molecular weight excluding hydrogens is 136 g/mol. The van der Waals surface area contributed by atoms with E-state index in [4.69, 9.17) is 5.26 Å². The molecule has 62 valence electrons. The molecule has 0 amide bonds. The second-order valence-electron chi connectivity index (χ2n) is 3.82. The maximum absolute atomic E-state index is 8.44. The van der Waals surface area contributed by atoms with Gasteiger partial charge < -0.3 is 5.32 Å². The minimum absolute atomic E-state index is 0.166. The Kier molecular flexibility index (Phi) is 3.13. The fourth-order valence-corrected chi connectivity index (χ4v) is 0.510. The van der Waals surface area contributed by atoms with Crippen molar-refractivity contribution in [1.82, 2.24) is 5.32 Å². The minimum atomic E-state index is 0.166. The number of nitrogens with one attached hydrogen (secondary N) is 1. The Labute approximate surface area is 68.9 Å². The Morgan fingerprint density at radius 3 is 2.27 bits per heavy atom. The molecule has 0 heterocycles. The largest absolute Gasteiger partial charge is 0.374 e. The Morgan fingerprint density at radius 1 is 1.55 bits per heavy atom. The van der Waals surface area contributed by atoms with Gasteiger partial charge in [-0.15, -0.1) is 0 Å². The van der Waals surface area contributed by atoms with Crippen LogP contribution in [0.3, 0.4) is 0 Å². The summed E-state index contributed by atoms with van der Waals surface area (Å²) in [6, 6.07) is 2.24. The molecule has 0 radical (unpaired) electrons. The van der Waals surface area contributed by atoms with Gasteiger partial charge in [-0.05, 0) is 12.3 Å². The highest BCUT2D eigenvalue weighted by molar-refractivity contribution is 5.14. The van der Waals surface area contributed by atoms with E-state index in [1.165, 1.54) is 0 Å². The molecule has 0 aromatic carbocycles. The smallest absolute Gasteiger partial charge is 0.116 e. The van der Waals surface area contributed by atoms with Crippen LogP contribution in [0.15, 0.2) is 12.3 Å². The number of nitrogens with zero attached hydrogens (tertiary/aromatic N) is 1. The molecule has 0 saturated carbocycles. The lowest BCUT2D eigenvalue weighted by atomic mass is 9.88. The molecule has 0 aromatic heterocycles. The summed E-state index contributed by atoms with van der Waals surface area (Å²) >= 11 is 0. The number of hydrogen-bond acceptors (Lipinski definition) is 2. The average molecular weight is 152 g/mol. The summed E-state index contributed by atoms with van der Waals surface area (Å²) < 4.78 is 0. The first kappa shape index (κ1) is 10.0. The van der Waals surface area contributed by atoms with E-state index in [-0.39, 0.29) is 11.5 Å². The zero-order valence-electron chi connectivity index (χ0n) is 7.73.